The maximum Gasteiger partial charge on any atom is 0.224 e. The molecule has 0 spiro atoms. The fraction of sp³-hybridized carbons (Fsp3) is 0.562. The van der Waals surface area contributed by atoms with Crippen molar-refractivity contribution in [1.82, 2.24) is 0 Å². The summed E-state index contributed by atoms with van der Waals surface area (Å²) >= 11 is 0. The number of ether oxygens (including phenoxy) is 1. The van der Waals surface area contributed by atoms with Gasteiger partial charge in [-0.1, -0.05) is 19.9 Å². The largest absolute Gasteiger partial charge is 0.491 e. The summed E-state index contributed by atoms with van der Waals surface area (Å²) in [5, 5.41) is 2.89. The van der Waals surface area contributed by atoms with E-state index in [0.717, 1.165) is 24.3 Å². The molecule has 0 aliphatic heterocycles. The van der Waals surface area contributed by atoms with Crippen LogP contribution in [0.2, 0.25) is 0 Å². The molecule has 1 aromatic rings. The highest BCUT2D eigenvalue weighted by atomic mass is 16.5. The summed E-state index contributed by atoms with van der Waals surface area (Å²) in [5.74, 6) is 1.18. The standard InChI is InChI=1S/C16H26N2O2/c1-4-13(3)20-15-7-5-6-14(10-15)18-16(19)9-8-12(2)11-17/h5-7,10,12-13H,4,8-9,11,17H2,1-3H3,(H,18,19). The highest BCUT2D eigenvalue weighted by Crippen LogP contribution is 2.19. The number of carbonyl (C=O) groups is 1. The molecule has 1 aromatic carbocycles. The summed E-state index contributed by atoms with van der Waals surface area (Å²) in [6.45, 7) is 6.77. The van der Waals surface area contributed by atoms with Crippen molar-refractivity contribution in [2.75, 3.05) is 11.9 Å². The minimum atomic E-state index is 0.0194. The number of hydrogen-bond donors (Lipinski definition) is 2. The molecular formula is C16H26N2O2. The summed E-state index contributed by atoms with van der Waals surface area (Å²) in [6, 6.07) is 7.51. The van der Waals surface area contributed by atoms with Crippen molar-refractivity contribution < 1.29 is 9.53 Å². The SMILES string of the molecule is CCC(C)Oc1cccc(NC(=O)CCC(C)CN)c1. The number of nitrogens with two attached hydrogens (primary N) is 1. The third-order valence-electron chi connectivity index (χ3n) is 3.30. The molecule has 0 aliphatic carbocycles. The molecule has 0 aromatic heterocycles. The maximum atomic E-state index is 11.8. The molecule has 20 heavy (non-hydrogen) atoms. The molecule has 0 fully saturated rings. The molecule has 1 amide bonds. The molecule has 0 saturated carbocycles. The van der Waals surface area contributed by atoms with Crippen molar-refractivity contribution in [3.05, 3.63) is 24.3 Å². The van der Waals surface area contributed by atoms with Crippen LogP contribution in [0.1, 0.15) is 40.0 Å². The lowest BCUT2D eigenvalue weighted by Crippen LogP contribution is -2.16. The Morgan fingerprint density at radius 2 is 2.15 bits per heavy atom. The lowest BCUT2D eigenvalue weighted by molar-refractivity contribution is -0.116. The Balaban J connectivity index is 2.51. The van der Waals surface area contributed by atoms with Crippen LogP contribution in [-0.4, -0.2) is 18.6 Å². The minimum absolute atomic E-state index is 0.0194. The van der Waals surface area contributed by atoms with Crippen molar-refractivity contribution in [2.45, 2.75) is 46.1 Å². The van der Waals surface area contributed by atoms with Crippen molar-refractivity contribution in [2.24, 2.45) is 11.7 Å². The summed E-state index contributed by atoms with van der Waals surface area (Å²) in [6.07, 6.45) is 2.43. The fourth-order valence-electron chi connectivity index (χ4n) is 1.68. The van der Waals surface area contributed by atoms with E-state index in [-0.39, 0.29) is 12.0 Å². The smallest absolute Gasteiger partial charge is 0.224 e. The molecule has 2 unspecified atom stereocenters. The van der Waals surface area contributed by atoms with Gasteiger partial charge in [0.1, 0.15) is 5.75 Å². The maximum absolute atomic E-state index is 11.8. The van der Waals surface area contributed by atoms with Crippen LogP contribution in [0, 0.1) is 5.92 Å². The number of amides is 1. The van der Waals surface area contributed by atoms with Gasteiger partial charge < -0.3 is 15.8 Å². The molecule has 0 bridgehead atoms. The summed E-state index contributed by atoms with van der Waals surface area (Å²) in [7, 11) is 0. The van der Waals surface area contributed by atoms with E-state index in [4.69, 9.17) is 10.5 Å². The molecular weight excluding hydrogens is 252 g/mol. The van der Waals surface area contributed by atoms with Gasteiger partial charge in [0, 0.05) is 18.2 Å². The summed E-state index contributed by atoms with van der Waals surface area (Å²) in [5.41, 5.74) is 6.32. The van der Waals surface area contributed by atoms with Crippen LogP contribution in [-0.2, 0) is 4.79 Å². The van der Waals surface area contributed by atoms with Crippen LogP contribution in [0.5, 0.6) is 5.75 Å². The quantitative estimate of drug-likeness (QED) is 0.767. The van der Waals surface area contributed by atoms with Gasteiger partial charge in [-0.05, 0) is 44.4 Å². The molecule has 112 valence electrons. The Morgan fingerprint density at radius 1 is 1.40 bits per heavy atom. The van der Waals surface area contributed by atoms with E-state index in [1.807, 2.05) is 38.1 Å². The predicted octanol–water partition coefficient (Wildman–Crippen LogP) is 3.18. The van der Waals surface area contributed by atoms with Crippen LogP contribution < -0.4 is 15.8 Å². The topological polar surface area (TPSA) is 64.3 Å². The monoisotopic (exact) mass is 278 g/mol. The Labute approximate surface area is 121 Å². The normalized spacial score (nSPS) is 13.6. The van der Waals surface area contributed by atoms with Gasteiger partial charge in [-0.15, -0.1) is 0 Å². The van der Waals surface area contributed by atoms with Crippen molar-refractivity contribution in [1.29, 1.82) is 0 Å². The van der Waals surface area contributed by atoms with Crippen LogP contribution in [0.3, 0.4) is 0 Å². The van der Waals surface area contributed by atoms with Gasteiger partial charge in [0.25, 0.3) is 0 Å². The number of anilines is 1. The number of hydrogen-bond acceptors (Lipinski definition) is 3. The minimum Gasteiger partial charge on any atom is -0.491 e. The van der Waals surface area contributed by atoms with Crippen LogP contribution in [0.4, 0.5) is 5.69 Å². The molecule has 1 rings (SSSR count). The van der Waals surface area contributed by atoms with E-state index < -0.39 is 0 Å². The molecule has 0 radical (unpaired) electrons. The van der Waals surface area contributed by atoms with Gasteiger partial charge >= 0.3 is 0 Å². The van der Waals surface area contributed by atoms with Gasteiger partial charge in [0.2, 0.25) is 5.91 Å². The van der Waals surface area contributed by atoms with E-state index in [2.05, 4.69) is 12.2 Å². The van der Waals surface area contributed by atoms with Gasteiger partial charge in [-0.3, -0.25) is 4.79 Å². The predicted molar refractivity (Wildman–Crippen MR) is 82.9 cm³/mol. The van der Waals surface area contributed by atoms with Crippen LogP contribution in [0.15, 0.2) is 24.3 Å². The molecule has 0 aliphatic rings. The zero-order valence-corrected chi connectivity index (χ0v) is 12.7. The molecule has 3 N–H and O–H groups in total. The van der Waals surface area contributed by atoms with Crippen LogP contribution in [0.25, 0.3) is 0 Å². The molecule has 2 atom stereocenters. The van der Waals surface area contributed by atoms with Crippen molar-refractivity contribution in [3.8, 4) is 5.75 Å². The zero-order chi connectivity index (χ0) is 15.0. The number of nitrogens with one attached hydrogen (secondary N) is 1. The third-order valence-corrected chi connectivity index (χ3v) is 3.30. The Kier molecular flexibility index (Phi) is 7.09. The highest BCUT2D eigenvalue weighted by Gasteiger charge is 2.07. The van der Waals surface area contributed by atoms with Gasteiger partial charge in [-0.2, -0.15) is 0 Å². The van der Waals surface area contributed by atoms with Crippen molar-refractivity contribution >= 4 is 11.6 Å². The third kappa shape index (κ3) is 6.06. The number of carbonyl (C=O) groups excluding carboxylic acids is 1. The summed E-state index contributed by atoms with van der Waals surface area (Å²) < 4.78 is 5.73. The van der Waals surface area contributed by atoms with E-state index in [1.165, 1.54) is 0 Å². The molecule has 0 heterocycles. The zero-order valence-electron chi connectivity index (χ0n) is 12.7. The van der Waals surface area contributed by atoms with Gasteiger partial charge in [0.05, 0.1) is 6.10 Å². The first kappa shape index (κ1) is 16.5. The summed E-state index contributed by atoms with van der Waals surface area (Å²) in [4.78, 5) is 11.8. The average molecular weight is 278 g/mol. The van der Waals surface area contributed by atoms with Gasteiger partial charge in [0.15, 0.2) is 0 Å². The Morgan fingerprint density at radius 3 is 2.80 bits per heavy atom. The first-order valence-electron chi connectivity index (χ1n) is 7.31. The number of rotatable bonds is 8. The number of benzene rings is 1. The Hall–Kier alpha value is -1.55. The van der Waals surface area contributed by atoms with E-state index in [1.54, 1.807) is 0 Å². The molecule has 4 heteroatoms. The lowest BCUT2D eigenvalue weighted by atomic mass is 10.1. The van der Waals surface area contributed by atoms with Gasteiger partial charge in [-0.25, -0.2) is 0 Å². The van der Waals surface area contributed by atoms with Crippen molar-refractivity contribution in [3.63, 3.8) is 0 Å². The average Bonchev–Trinajstić information content (AvgIpc) is 2.44. The second-order valence-electron chi connectivity index (χ2n) is 5.29. The lowest BCUT2D eigenvalue weighted by Gasteiger charge is -2.14. The highest BCUT2D eigenvalue weighted by molar-refractivity contribution is 5.90. The van der Waals surface area contributed by atoms with E-state index in [9.17, 15) is 4.79 Å². The second-order valence-corrected chi connectivity index (χ2v) is 5.29. The first-order chi connectivity index (χ1) is 9.55. The Bertz CT molecular complexity index is 421. The first-order valence-corrected chi connectivity index (χ1v) is 7.31. The van der Waals surface area contributed by atoms with E-state index >= 15 is 0 Å². The van der Waals surface area contributed by atoms with Crippen LogP contribution >= 0.6 is 0 Å². The molecule has 4 nitrogen and oxygen atoms in total. The molecule has 0 saturated heterocycles. The second kappa shape index (κ2) is 8.59. The fourth-order valence-corrected chi connectivity index (χ4v) is 1.68. The van der Waals surface area contributed by atoms with E-state index in [0.29, 0.717) is 18.9 Å².